The highest BCUT2D eigenvalue weighted by atomic mass is 32.2. The first-order chi connectivity index (χ1) is 17.7. The van der Waals surface area contributed by atoms with Crippen LogP contribution >= 0.6 is 0 Å². The minimum atomic E-state index is -4.18. The molecule has 194 valence electrons. The van der Waals surface area contributed by atoms with Crippen LogP contribution in [0.1, 0.15) is 68.5 Å². The van der Waals surface area contributed by atoms with Gasteiger partial charge in [0.1, 0.15) is 0 Å². The third kappa shape index (κ3) is 7.71. The standard InChI is InChI=1S/C27H29N3O6S/c1-2-3-5-10-21-17-22(18-29-24(21)27(33)34)26(32)30-37(35,36)23-13-11-19(12-14-23)15-16-28-25(31)20-8-6-4-7-9-20/h4,6-9,11-14,17-18H,2-3,5,10,15-16H2,1H3,(H,28,31)(H,30,32)(H,33,34)/p-1. The highest BCUT2D eigenvalue weighted by molar-refractivity contribution is 7.90. The molecule has 0 atom stereocenters. The fourth-order valence-corrected chi connectivity index (χ4v) is 4.64. The zero-order valence-electron chi connectivity index (χ0n) is 20.4. The van der Waals surface area contributed by atoms with Crippen molar-refractivity contribution in [3.63, 3.8) is 0 Å². The number of benzene rings is 2. The minimum Gasteiger partial charge on any atom is -0.543 e. The Morgan fingerprint density at radius 1 is 0.892 bits per heavy atom. The predicted octanol–water partition coefficient (Wildman–Crippen LogP) is 2.27. The Morgan fingerprint density at radius 2 is 1.59 bits per heavy atom. The Labute approximate surface area is 216 Å². The SMILES string of the molecule is CCCCCc1cc(C(=O)NS(=O)(=O)c2ccc(CCNC(=O)c3ccccc3)cc2)cnc1C(=O)[O-]. The van der Waals surface area contributed by atoms with Crippen molar-refractivity contribution in [2.45, 2.75) is 43.9 Å². The first-order valence-electron chi connectivity index (χ1n) is 11.9. The van der Waals surface area contributed by atoms with Crippen molar-refractivity contribution in [3.05, 3.63) is 94.8 Å². The van der Waals surface area contributed by atoms with Gasteiger partial charge in [-0.2, -0.15) is 0 Å². The first-order valence-corrected chi connectivity index (χ1v) is 13.4. The number of aromatic nitrogens is 1. The van der Waals surface area contributed by atoms with Crippen molar-refractivity contribution >= 4 is 27.8 Å². The van der Waals surface area contributed by atoms with Crippen LogP contribution in [0, 0.1) is 0 Å². The third-order valence-corrected chi connectivity index (χ3v) is 7.01. The van der Waals surface area contributed by atoms with E-state index in [1.807, 2.05) is 17.7 Å². The molecule has 2 amide bonds. The van der Waals surface area contributed by atoms with Crippen LogP contribution in [0.4, 0.5) is 0 Å². The fraction of sp³-hybridized carbons (Fsp3) is 0.259. The van der Waals surface area contributed by atoms with Gasteiger partial charge >= 0.3 is 0 Å². The molecule has 0 spiro atoms. The van der Waals surface area contributed by atoms with Crippen molar-refractivity contribution in [1.82, 2.24) is 15.0 Å². The summed E-state index contributed by atoms with van der Waals surface area (Å²) in [4.78, 5) is 39.8. The zero-order chi connectivity index (χ0) is 26.8. The molecular formula is C27H28N3O6S-. The van der Waals surface area contributed by atoms with Crippen LogP contribution in [0.5, 0.6) is 0 Å². The van der Waals surface area contributed by atoms with Crippen LogP contribution in [-0.4, -0.2) is 37.7 Å². The van der Waals surface area contributed by atoms with Gasteiger partial charge in [0.25, 0.3) is 21.8 Å². The van der Waals surface area contributed by atoms with Gasteiger partial charge in [0, 0.05) is 18.3 Å². The van der Waals surface area contributed by atoms with E-state index in [9.17, 15) is 27.9 Å². The van der Waals surface area contributed by atoms with Gasteiger partial charge in [-0.1, -0.05) is 50.1 Å². The Hall–Kier alpha value is -4.05. The zero-order valence-corrected chi connectivity index (χ0v) is 21.2. The minimum absolute atomic E-state index is 0.0640. The van der Waals surface area contributed by atoms with E-state index in [0.717, 1.165) is 24.6 Å². The van der Waals surface area contributed by atoms with E-state index < -0.39 is 21.9 Å². The van der Waals surface area contributed by atoms with Crippen molar-refractivity contribution < 1.29 is 27.9 Å². The number of pyridine rings is 1. The molecule has 0 radical (unpaired) electrons. The summed E-state index contributed by atoms with van der Waals surface area (Å²) in [6, 6.07) is 16.1. The maximum atomic E-state index is 12.7. The second kappa shape index (κ2) is 12.8. The van der Waals surface area contributed by atoms with Crippen molar-refractivity contribution in [3.8, 4) is 0 Å². The first kappa shape index (κ1) is 27.5. The number of nitrogens with one attached hydrogen (secondary N) is 2. The highest BCUT2D eigenvalue weighted by Crippen LogP contribution is 2.15. The van der Waals surface area contributed by atoms with Gasteiger partial charge in [-0.25, -0.2) is 13.1 Å². The number of aromatic carboxylic acids is 1. The Morgan fingerprint density at radius 3 is 2.24 bits per heavy atom. The topological polar surface area (TPSA) is 145 Å². The molecule has 0 fully saturated rings. The molecule has 3 rings (SSSR count). The molecule has 2 aromatic carbocycles. The van der Waals surface area contributed by atoms with Crippen LogP contribution in [0.2, 0.25) is 0 Å². The van der Waals surface area contributed by atoms with Gasteiger partial charge in [0.2, 0.25) is 0 Å². The molecule has 3 aromatic rings. The number of rotatable bonds is 12. The van der Waals surface area contributed by atoms with Gasteiger partial charge in [0.15, 0.2) is 0 Å². The normalized spacial score (nSPS) is 11.1. The lowest BCUT2D eigenvalue weighted by atomic mass is 10.0. The average molecular weight is 523 g/mol. The van der Waals surface area contributed by atoms with E-state index in [0.29, 0.717) is 36.9 Å². The molecule has 37 heavy (non-hydrogen) atoms. The summed E-state index contributed by atoms with van der Waals surface area (Å²) in [5.74, 6) is -2.56. The fourth-order valence-electron chi connectivity index (χ4n) is 3.66. The van der Waals surface area contributed by atoms with Crippen molar-refractivity contribution in [2.75, 3.05) is 6.54 Å². The van der Waals surface area contributed by atoms with Crippen molar-refractivity contribution in [2.24, 2.45) is 0 Å². The summed E-state index contributed by atoms with van der Waals surface area (Å²) in [5, 5.41) is 14.2. The molecule has 2 N–H and O–H groups in total. The molecule has 9 nitrogen and oxygen atoms in total. The summed E-state index contributed by atoms with van der Waals surface area (Å²) in [6.45, 7) is 2.37. The van der Waals surface area contributed by atoms with E-state index in [4.69, 9.17) is 0 Å². The van der Waals surface area contributed by atoms with Crippen molar-refractivity contribution in [1.29, 1.82) is 0 Å². The number of unbranched alkanes of at least 4 members (excludes halogenated alkanes) is 2. The number of carbonyl (C=O) groups is 3. The molecular weight excluding hydrogens is 494 g/mol. The van der Waals surface area contributed by atoms with Gasteiger partial charge in [-0.15, -0.1) is 0 Å². The maximum absolute atomic E-state index is 12.7. The molecule has 0 saturated carbocycles. The monoisotopic (exact) mass is 522 g/mol. The Kier molecular flexibility index (Phi) is 9.51. The van der Waals surface area contributed by atoms with Crippen LogP contribution in [-0.2, 0) is 22.9 Å². The lowest BCUT2D eigenvalue weighted by Gasteiger charge is -2.12. The molecule has 0 aliphatic heterocycles. The lowest BCUT2D eigenvalue weighted by Crippen LogP contribution is -2.31. The van der Waals surface area contributed by atoms with E-state index in [2.05, 4.69) is 10.3 Å². The molecule has 0 unspecified atom stereocenters. The molecule has 1 aromatic heterocycles. The smallest absolute Gasteiger partial charge is 0.266 e. The van der Waals surface area contributed by atoms with E-state index >= 15 is 0 Å². The summed E-state index contributed by atoms with van der Waals surface area (Å²) in [7, 11) is -4.18. The molecule has 0 aliphatic carbocycles. The average Bonchev–Trinajstić information content (AvgIpc) is 2.89. The Balaban J connectivity index is 1.62. The van der Waals surface area contributed by atoms with E-state index in [1.54, 1.807) is 36.4 Å². The number of carbonyl (C=O) groups excluding carboxylic acids is 3. The Bertz CT molecular complexity index is 1360. The van der Waals surface area contributed by atoms with Crippen LogP contribution in [0.3, 0.4) is 0 Å². The summed E-state index contributed by atoms with van der Waals surface area (Å²) < 4.78 is 27.5. The van der Waals surface area contributed by atoms with E-state index in [-0.39, 0.29) is 22.1 Å². The van der Waals surface area contributed by atoms with Gasteiger partial charge < -0.3 is 15.2 Å². The van der Waals surface area contributed by atoms with Gasteiger partial charge in [-0.3, -0.25) is 14.6 Å². The molecule has 0 aliphatic rings. The third-order valence-electron chi connectivity index (χ3n) is 5.67. The highest BCUT2D eigenvalue weighted by Gasteiger charge is 2.20. The number of aryl methyl sites for hydroxylation is 1. The lowest BCUT2D eigenvalue weighted by molar-refractivity contribution is -0.255. The second-order valence-electron chi connectivity index (χ2n) is 8.43. The summed E-state index contributed by atoms with van der Waals surface area (Å²) in [5.41, 5.74) is 1.36. The summed E-state index contributed by atoms with van der Waals surface area (Å²) >= 11 is 0. The number of hydrogen-bond donors (Lipinski definition) is 2. The molecule has 1 heterocycles. The van der Waals surface area contributed by atoms with Gasteiger partial charge in [0.05, 0.1) is 22.1 Å². The number of amides is 2. The number of sulfonamides is 1. The quantitative estimate of drug-likeness (QED) is 0.347. The maximum Gasteiger partial charge on any atom is 0.266 e. The second-order valence-corrected chi connectivity index (χ2v) is 10.1. The number of carboxylic acids is 1. The van der Waals surface area contributed by atoms with Gasteiger partial charge in [-0.05, 0) is 60.7 Å². The van der Waals surface area contributed by atoms with Crippen LogP contribution in [0.15, 0.2) is 71.8 Å². The summed E-state index contributed by atoms with van der Waals surface area (Å²) in [6.07, 6.45) is 4.38. The molecule has 0 bridgehead atoms. The number of carboxylic acid groups (broad SMARTS) is 1. The largest absolute Gasteiger partial charge is 0.543 e. The molecule has 10 heteroatoms. The predicted molar refractivity (Wildman–Crippen MR) is 135 cm³/mol. The molecule has 0 saturated heterocycles. The van der Waals surface area contributed by atoms with E-state index in [1.165, 1.54) is 18.2 Å². The number of hydrogen-bond acceptors (Lipinski definition) is 7. The van der Waals surface area contributed by atoms with Crippen LogP contribution in [0.25, 0.3) is 0 Å². The number of nitrogens with zero attached hydrogens (tertiary/aromatic N) is 1. The van der Waals surface area contributed by atoms with Crippen LogP contribution < -0.4 is 15.1 Å².